The number of benzene rings is 3. The Labute approximate surface area is 187 Å². The zero-order valence-electron chi connectivity index (χ0n) is 17.7. The Morgan fingerprint density at radius 3 is 2.53 bits per heavy atom. The van der Waals surface area contributed by atoms with Gasteiger partial charge in [0.2, 0.25) is 17.5 Å². The van der Waals surface area contributed by atoms with E-state index in [2.05, 4.69) is 57.7 Å². The first-order chi connectivity index (χ1) is 15.8. The standard InChI is InChI=1S/C26H24N4O2/c27-17-23-26(32-25(29-23)22-12-6-10-19-7-4-5-11-21(19)22)28-18-24(20-8-2-1-3-9-20)30-13-15-31-16-14-30/h1-12,24,28H,13-16,18H2. The van der Waals surface area contributed by atoms with Crippen LogP contribution in [0.4, 0.5) is 5.88 Å². The van der Waals surface area contributed by atoms with Crippen molar-refractivity contribution in [3.05, 3.63) is 84.1 Å². The summed E-state index contributed by atoms with van der Waals surface area (Å²) in [5.41, 5.74) is 2.36. The average Bonchev–Trinajstić information content (AvgIpc) is 3.28. The Balaban J connectivity index is 1.43. The molecular weight excluding hydrogens is 400 g/mol. The van der Waals surface area contributed by atoms with Gasteiger partial charge in [-0.05, 0) is 22.4 Å². The maximum atomic E-state index is 9.68. The molecule has 0 radical (unpaired) electrons. The van der Waals surface area contributed by atoms with Crippen molar-refractivity contribution in [2.75, 3.05) is 38.2 Å². The number of nitriles is 1. The fourth-order valence-corrected chi connectivity index (χ4v) is 4.25. The molecule has 1 N–H and O–H groups in total. The van der Waals surface area contributed by atoms with E-state index in [1.807, 2.05) is 36.4 Å². The minimum absolute atomic E-state index is 0.137. The lowest BCUT2D eigenvalue weighted by molar-refractivity contribution is 0.0186. The van der Waals surface area contributed by atoms with Gasteiger partial charge in [-0.1, -0.05) is 66.7 Å². The fourth-order valence-electron chi connectivity index (χ4n) is 4.25. The minimum Gasteiger partial charge on any atom is -0.419 e. The first-order valence-corrected chi connectivity index (χ1v) is 10.8. The summed E-state index contributed by atoms with van der Waals surface area (Å²) >= 11 is 0. The van der Waals surface area contributed by atoms with Gasteiger partial charge in [-0.15, -0.1) is 0 Å². The van der Waals surface area contributed by atoms with Gasteiger partial charge in [0.1, 0.15) is 6.07 Å². The first-order valence-electron chi connectivity index (χ1n) is 10.8. The van der Waals surface area contributed by atoms with Crippen molar-refractivity contribution in [3.63, 3.8) is 0 Å². The molecule has 2 heterocycles. The van der Waals surface area contributed by atoms with Crippen LogP contribution in [0.2, 0.25) is 0 Å². The molecule has 6 heteroatoms. The molecule has 5 rings (SSSR count). The van der Waals surface area contributed by atoms with Crippen molar-refractivity contribution in [2.24, 2.45) is 0 Å². The fraction of sp³-hybridized carbons (Fsp3) is 0.231. The molecule has 1 fully saturated rings. The summed E-state index contributed by atoms with van der Waals surface area (Å²) in [7, 11) is 0. The second-order valence-corrected chi connectivity index (χ2v) is 7.79. The predicted molar refractivity (Wildman–Crippen MR) is 124 cm³/mol. The summed E-state index contributed by atoms with van der Waals surface area (Å²) < 4.78 is 11.6. The molecule has 1 aromatic heterocycles. The Bertz CT molecular complexity index is 1230. The number of morpholine rings is 1. The largest absolute Gasteiger partial charge is 0.419 e. The summed E-state index contributed by atoms with van der Waals surface area (Å²) in [6.07, 6.45) is 0. The number of hydrogen-bond acceptors (Lipinski definition) is 6. The topological polar surface area (TPSA) is 74.3 Å². The van der Waals surface area contributed by atoms with Gasteiger partial charge in [0.15, 0.2) is 0 Å². The second kappa shape index (κ2) is 9.23. The molecule has 0 spiro atoms. The van der Waals surface area contributed by atoms with Crippen LogP contribution >= 0.6 is 0 Å². The van der Waals surface area contributed by atoms with Gasteiger partial charge in [-0.3, -0.25) is 4.90 Å². The van der Waals surface area contributed by atoms with E-state index in [1.54, 1.807) is 0 Å². The third-order valence-electron chi connectivity index (χ3n) is 5.88. The van der Waals surface area contributed by atoms with Crippen LogP contribution < -0.4 is 5.32 Å². The number of fused-ring (bicyclic) bond motifs is 1. The van der Waals surface area contributed by atoms with E-state index in [1.165, 1.54) is 5.56 Å². The highest BCUT2D eigenvalue weighted by molar-refractivity contribution is 5.94. The monoisotopic (exact) mass is 424 g/mol. The Kier molecular flexibility index (Phi) is 5.84. The molecule has 6 nitrogen and oxygen atoms in total. The Morgan fingerprint density at radius 2 is 1.72 bits per heavy atom. The van der Waals surface area contributed by atoms with E-state index in [4.69, 9.17) is 9.15 Å². The number of rotatable bonds is 6. The van der Waals surface area contributed by atoms with Crippen LogP contribution in [-0.2, 0) is 4.74 Å². The van der Waals surface area contributed by atoms with E-state index in [-0.39, 0.29) is 11.7 Å². The summed E-state index contributed by atoms with van der Waals surface area (Å²) in [4.78, 5) is 6.89. The van der Waals surface area contributed by atoms with Crippen LogP contribution in [0.25, 0.3) is 22.2 Å². The second-order valence-electron chi connectivity index (χ2n) is 7.79. The number of anilines is 1. The van der Waals surface area contributed by atoms with Gasteiger partial charge in [0, 0.05) is 25.2 Å². The molecule has 0 amide bonds. The number of ether oxygens (including phenoxy) is 1. The maximum Gasteiger partial charge on any atom is 0.232 e. The Hall–Kier alpha value is -3.66. The molecule has 4 aromatic rings. The molecule has 1 atom stereocenters. The van der Waals surface area contributed by atoms with Crippen molar-refractivity contribution in [1.29, 1.82) is 5.26 Å². The lowest BCUT2D eigenvalue weighted by Gasteiger charge is -2.34. The molecule has 1 aliphatic heterocycles. The van der Waals surface area contributed by atoms with Gasteiger partial charge >= 0.3 is 0 Å². The predicted octanol–water partition coefficient (Wildman–Crippen LogP) is 4.85. The van der Waals surface area contributed by atoms with Crippen LogP contribution in [-0.4, -0.2) is 42.7 Å². The van der Waals surface area contributed by atoms with Gasteiger partial charge in [-0.25, -0.2) is 0 Å². The normalized spacial score (nSPS) is 15.3. The van der Waals surface area contributed by atoms with Gasteiger partial charge in [0.25, 0.3) is 0 Å². The third-order valence-corrected chi connectivity index (χ3v) is 5.88. The quantitative estimate of drug-likeness (QED) is 0.477. The molecule has 160 valence electrons. The average molecular weight is 425 g/mol. The van der Waals surface area contributed by atoms with Crippen LogP contribution in [0, 0.1) is 11.3 Å². The number of nitrogens with zero attached hydrogens (tertiary/aromatic N) is 3. The maximum absolute atomic E-state index is 9.68. The van der Waals surface area contributed by atoms with Crippen molar-refractivity contribution in [3.8, 4) is 17.5 Å². The van der Waals surface area contributed by atoms with Crippen molar-refractivity contribution in [2.45, 2.75) is 6.04 Å². The van der Waals surface area contributed by atoms with E-state index >= 15 is 0 Å². The van der Waals surface area contributed by atoms with E-state index in [0.717, 1.165) is 42.6 Å². The lowest BCUT2D eigenvalue weighted by Crippen LogP contribution is -2.41. The van der Waals surface area contributed by atoms with Crippen LogP contribution in [0.3, 0.4) is 0 Å². The molecular formula is C26H24N4O2. The third kappa shape index (κ3) is 4.09. The van der Waals surface area contributed by atoms with E-state index in [0.29, 0.717) is 18.3 Å². The Morgan fingerprint density at radius 1 is 0.969 bits per heavy atom. The zero-order chi connectivity index (χ0) is 21.8. The molecule has 32 heavy (non-hydrogen) atoms. The molecule has 1 aliphatic rings. The smallest absolute Gasteiger partial charge is 0.232 e. The summed E-state index contributed by atoms with van der Waals surface area (Å²) in [5.74, 6) is 0.855. The van der Waals surface area contributed by atoms with Gasteiger partial charge in [-0.2, -0.15) is 10.2 Å². The van der Waals surface area contributed by atoms with Crippen molar-refractivity contribution >= 4 is 16.7 Å². The molecule has 0 aliphatic carbocycles. The first kappa shape index (κ1) is 20.3. The SMILES string of the molecule is N#Cc1nc(-c2cccc3ccccc23)oc1NCC(c1ccccc1)N1CCOCC1. The zero-order valence-corrected chi connectivity index (χ0v) is 17.7. The van der Waals surface area contributed by atoms with Crippen molar-refractivity contribution < 1.29 is 9.15 Å². The number of oxazole rings is 1. The van der Waals surface area contributed by atoms with Gasteiger partial charge in [0.05, 0.1) is 19.3 Å². The molecule has 0 saturated carbocycles. The van der Waals surface area contributed by atoms with Crippen molar-refractivity contribution in [1.82, 2.24) is 9.88 Å². The van der Waals surface area contributed by atoms with Crippen LogP contribution in [0.15, 0.2) is 77.2 Å². The summed E-state index contributed by atoms with van der Waals surface area (Å²) in [6, 6.07) is 26.8. The summed E-state index contributed by atoms with van der Waals surface area (Å²) in [5, 5.41) is 15.2. The lowest BCUT2D eigenvalue weighted by atomic mass is 10.0. The highest BCUT2D eigenvalue weighted by Gasteiger charge is 2.24. The molecule has 1 saturated heterocycles. The van der Waals surface area contributed by atoms with E-state index in [9.17, 15) is 5.26 Å². The summed E-state index contributed by atoms with van der Waals surface area (Å²) in [6.45, 7) is 3.78. The van der Waals surface area contributed by atoms with E-state index < -0.39 is 0 Å². The molecule has 0 bridgehead atoms. The molecule has 3 aromatic carbocycles. The number of aromatic nitrogens is 1. The number of hydrogen-bond donors (Lipinski definition) is 1. The highest BCUT2D eigenvalue weighted by atomic mass is 16.5. The van der Waals surface area contributed by atoms with Crippen LogP contribution in [0.1, 0.15) is 17.3 Å². The minimum atomic E-state index is 0.137. The molecule has 1 unspecified atom stereocenters. The van der Waals surface area contributed by atoms with Gasteiger partial charge < -0.3 is 14.5 Å². The highest BCUT2D eigenvalue weighted by Crippen LogP contribution is 2.32. The number of nitrogens with one attached hydrogen (secondary N) is 1. The van der Waals surface area contributed by atoms with Crippen LogP contribution in [0.5, 0.6) is 0 Å².